The van der Waals surface area contributed by atoms with E-state index in [0.29, 0.717) is 11.4 Å². The van der Waals surface area contributed by atoms with Crippen LogP contribution in [0, 0.1) is 100 Å². The van der Waals surface area contributed by atoms with Gasteiger partial charge in [0, 0.05) is 102 Å². The zero-order valence-electron chi connectivity index (χ0n) is 67.3. The van der Waals surface area contributed by atoms with Crippen molar-refractivity contribution in [2.75, 3.05) is 0 Å². The summed E-state index contributed by atoms with van der Waals surface area (Å²) in [4.78, 5) is 33.7. The minimum Gasteiger partial charge on any atom is -0.304 e. The quantitative estimate of drug-likeness (QED) is 0.0941. The molecule has 0 fully saturated rings. The third-order valence-corrected chi connectivity index (χ3v) is 21.1. The molecular weight excluding hydrogens is 2440 g/mol. The van der Waals surface area contributed by atoms with Crippen LogP contribution < -0.4 is 0 Å². The van der Waals surface area contributed by atoms with Gasteiger partial charge in [-0.25, -0.2) is 0 Å². The van der Waals surface area contributed by atoms with Gasteiger partial charge in [0.1, 0.15) is 10.8 Å². The van der Waals surface area contributed by atoms with E-state index in [1.807, 2.05) is 213 Å². The van der Waals surface area contributed by atoms with Crippen LogP contribution in [0.4, 0.5) is 17.6 Å². The Labute approximate surface area is 790 Å². The minimum absolute atomic E-state index is 0. The van der Waals surface area contributed by atoms with Crippen molar-refractivity contribution in [3.8, 4) is 101 Å². The standard InChI is InChI=1S/C35H18F4N2.C35H22N2.2C13H12N.C12H10N.3Ir.2Pt/c36-21-15-17-25(29(38)19-21)31-11-5-13-33(40-31)35(27-9-3-1-7-23(27)24-8-2-4-10-28(24)35)34-14-6-12-32(41-34)26-18-16-22(37)20-30(26)39;1-3-13-25(14-4-1)31-21-11-23-33(36-31)35(34-24-12-22-32(37-34)26-15-5-2-6-16-26)29-19-9-7-17-27(29)28-18-8-10-20-30(28)35;1-10-8-11(2)13(14-9-10)12-6-4-3-5-7-12;1-10-8-9-14-13(11(10)2)12-6-4-3-5-7-12;1-10-6-5-9-12(13-10)11-7-3-2-4-8-11;;;;;/h1-16,19-20H;1-13,15,17-24H;2*3-6,8-9H,1-2H3;2-7,9H,1H3;;;;;/q2*-2;3*-1;;;;2*+2. The van der Waals surface area contributed by atoms with Crippen LogP contribution in [0.3, 0.4) is 0 Å². The van der Waals surface area contributed by atoms with Gasteiger partial charge < -0.3 is 15.0 Å². The van der Waals surface area contributed by atoms with Gasteiger partial charge in [-0.15, -0.1) is 204 Å². The van der Waals surface area contributed by atoms with Crippen LogP contribution in [0.2, 0.25) is 0 Å². The van der Waals surface area contributed by atoms with Gasteiger partial charge in [0.25, 0.3) is 0 Å². The summed E-state index contributed by atoms with van der Waals surface area (Å²) in [6.45, 7) is 10.3. The first kappa shape index (κ1) is 93.2. The van der Waals surface area contributed by atoms with Crippen molar-refractivity contribution in [3.05, 3.63) is 497 Å². The molecule has 619 valence electrons. The van der Waals surface area contributed by atoms with Crippen molar-refractivity contribution in [1.82, 2.24) is 34.9 Å². The molecule has 18 aromatic rings. The molecule has 0 spiro atoms. The van der Waals surface area contributed by atoms with Crippen LogP contribution in [0.1, 0.15) is 73.0 Å². The summed E-state index contributed by atoms with van der Waals surface area (Å²) in [7, 11) is 0. The fourth-order valence-corrected chi connectivity index (χ4v) is 15.6. The molecule has 7 nitrogen and oxygen atoms in total. The second-order valence-electron chi connectivity index (χ2n) is 28.7. The SMILES string of the molecule is Cc1cccc(-c2[c-]cccc2)n1.Cc1ccnc(-c2[c-]cccc2)c1C.Cc1cnc(-c2[c-]cccc2)c(C)c1.Fc1c[c-]c(-c2cccc(C3(c4cccc(-c5[c-]cc(F)cc5F)n4)c4ccccc4-c4ccccc43)n2)c(F)c1.[Ir].[Ir].[Ir].[Pt+2].[Pt+2].[c-]1ccccc1-c1cccc(C2(c3cccc(-c4[c-]cccc4)n3)c3ccccc3-c3ccccc32)n1. The molecule has 0 aliphatic heterocycles. The Balaban J connectivity index is 0.000000163. The van der Waals surface area contributed by atoms with E-state index < -0.39 is 34.1 Å². The molecule has 0 amide bonds. The monoisotopic (exact) mass is 2510 g/mol. The zero-order valence-corrected chi connectivity index (χ0v) is 79.1. The minimum atomic E-state index is -1.08. The second kappa shape index (κ2) is 42.7. The summed E-state index contributed by atoms with van der Waals surface area (Å²) in [6.07, 6.45) is 3.74. The van der Waals surface area contributed by atoms with Gasteiger partial charge >= 0.3 is 42.1 Å². The summed E-state index contributed by atoms with van der Waals surface area (Å²) in [5.74, 6) is -3.02. The molecule has 0 bridgehead atoms. The van der Waals surface area contributed by atoms with E-state index in [9.17, 15) is 17.6 Å². The van der Waals surface area contributed by atoms with Crippen molar-refractivity contribution in [2.45, 2.75) is 45.4 Å². The van der Waals surface area contributed by atoms with E-state index >= 15 is 0 Å². The first-order chi connectivity index (χ1) is 58.2. The van der Waals surface area contributed by atoms with Gasteiger partial charge in [-0.05, 0) is 161 Å². The van der Waals surface area contributed by atoms with Crippen molar-refractivity contribution < 1.29 is 120 Å². The third kappa shape index (κ3) is 19.7. The van der Waals surface area contributed by atoms with Crippen molar-refractivity contribution in [1.29, 1.82) is 0 Å². The zero-order chi connectivity index (χ0) is 81.8. The molecule has 16 heteroatoms. The molecule has 0 saturated carbocycles. The molecule has 7 heterocycles. The molecule has 124 heavy (non-hydrogen) atoms. The Morgan fingerprint density at radius 1 is 0.282 bits per heavy atom. The Morgan fingerprint density at radius 2 is 0.605 bits per heavy atom. The number of hydrogen-bond acceptors (Lipinski definition) is 7. The van der Waals surface area contributed by atoms with E-state index in [1.54, 1.807) is 24.3 Å². The second-order valence-corrected chi connectivity index (χ2v) is 28.7. The van der Waals surface area contributed by atoms with Crippen LogP contribution in [0.15, 0.2) is 358 Å². The van der Waals surface area contributed by atoms with E-state index in [4.69, 9.17) is 19.9 Å². The summed E-state index contributed by atoms with van der Waals surface area (Å²) >= 11 is 0. The van der Waals surface area contributed by atoms with Crippen LogP contribution in [-0.4, -0.2) is 34.9 Å². The van der Waals surface area contributed by atoms with Gasteiger partial charge in [-0.2, -0.15) is 0 Å². The summed E-state index contributed by atoms with van der Waals surface area (Å²) < 4.78 is 57.1. The fraction of sp³-hybridized carbons (Fsp3) is 0.0648. The molecular formula is C108H74F4Ir3N7Pt2-3. The number of benzene rings is 11. The third-order valence-electron chi connectivity index (χ3n) is 21.1. The molecule has 3 radical (unpaired) electrons. The Morgan fingerprint density at radius 3 is 0.952 bits per heavy atom. The van der Waals surface area contributed by atoms with Crippen LogP contribution in [-0.2, 0) is 113 Å². The van der Waals surface area contributed by atoms with Gasteiger partial charge in [0.2, 0.25) is 0 Å². The van der Waals surface area contributed by atoms with E-state index in [1.165, 1.54) is 44.5 Å². The number of rotatable bonds is 11. The van der Waals surface area contributed by atoms with Crippen molar-refractivity contribution in [3.63, 3.8) is 0 Å². The number of halogens is 4. The predicted octanol–water partition coefficient (Wildman–Crippen LogP) is 25.3. The summed E-state index contributed by atoms with van der Waals surface area (Å²) in [5.41, 5.74) is 26.3. The molecule has 11 aromatic carbocycles. The van der Waals surface area contributed by atoms with E-state index in [2.05, 4.69) is 188 Å². The average Bonchev–Trinajstić information content (AvgIpc) is 1.54. The maximum absolute atomic E-state index is 14.9. The molecule has 0 N–H and O–H groups in total. The number of fused-ring (bicyclic) bond motifs is 6. The Bertz CT molecular complexity index is 6390. The average molecular weight is 2510 g/mol. The Hall–Kier alpha value is -11.5. The topological polar surface area (TPSA) is 90.2 Å². The van der Waals surface area contributed by atoms with Crippen LogP contribution >= 0.6 is 0 Å². The molecule has 7 aromatic heterocycles. The largest absolute Gasteiger partial charge is 2.00 e. The first-order valence-electron chi connectivity index (χ1n) is 38.9. The maximum Gasteiger partial charge on any atom is 2.00 e. The first-order valence-corrected chi connectivity index (χ1v) is 38.9. The van der Waals surface area contributed by atoms with Gasteiger partial charge in [-0.3, -0.25) is 37.5 Å². The van der Waals surface area contributed by atoms with Crippen molar-refractivity contribution >= 4 is 0 Å². The summed E-state index contributed by atoms with van der Waals surface area (Å²) in [6, 6.07) is 131. The van der Waals surface area contributed by atoms with Crippen LogP contribution in [0.5, 0.6) is 0 Å². The molecule has 0 unspecified atom stereocenters. The molecule has 0 saturated heterocycles. The smallest absolute Gasteiger partial charge is 0.304 e. The normalized spacial score (nSPS) is 11.6. The van der Waals surface area contributed by atoms with Crippen molar-refractivity contribution in [2.24, 2.45) is 0 Å². The number of hydrogen-bond donors (Lipinski definition) is 0. The Kier molecular flexibility index (Phi) is 32.1. The molecule has 0 atom stereocenters. The van der Waals surface area contributed by atoms with E-state index in [-0.39, 0.29) is 125 Å². The number of pyridine rings is 7. The van der Waals surface area contributed by atoms with Crippen LogP contribution in [0.25, 0.3) is 101 Å². The summed E-state index contributed by atoms with van der Waals surface area (Å²) in [5, 5.41) is 0. The maximum atomic E-state index is 14.9. The van der Waals surface area contributed by atoms with Gasteiger partial charge in [0.05, 0.1) is 22.8 Å². The fourth-order valence-electron chi connectivity index (χ4n) is 15.6. The molecule has 2 aliphatic carbocycles. The number of aryl methyl sites for hydroxylation is 4. The van der Waals surface area contributed by atoms with E-state index in [0.717, 1.165) is 120 Å². The predicted molar refractivity (Wildman–Crippen MR) is 465 cm³/mol. The van der Waals surface area contributed by atoms with Gasteiger partial charge in [0.15, 0.2) is 0 Å². The van der Waals surface area contributed by atoms with Gasteiger partial charge in [-0.1, -0.05) is 204 Å². The number of aromatic nitrogens is 7. The number of nitrogens with zero attached hydrogens (tertiary/aromatic N) is 7. The molecule has 20 rings (SSSR count). The molecule has 2 aliphatic rings.